The molecular weight excluding hydrogens is 398 g/mol. The number of dihydropyridines is 1. The van der Waals surface area contributed by atoms with Crippen molar-refractivity contribution in [2.24, 2.45) is 0 Å². The maximum Gasteiger partial charge on any atom is 0.355 e. The van der Waals surface area contributed by atoms with Crippen LogP contribution in [-0.4, -0.2) is 37.7 Å². The molecule has 1 aliphatic rings. The molecule has 0 fully saturated rings. The molecule has 0 saturated heterocycles. The molecular formula is C21H24ClNO6. The molecule has 1 aromatic carbocycles. The maximum absolute atomic E-state index is 12.9. The van der Waals surface area contributed by atoms with Gasteiger partial charge in [0.2, 0.25) is 0 Å². The highest BCUT2D eigenvalue weighted by Crippen LogP contribution is 2.42. The van der Waals surface area contributed by atoms with Crippen LogP contribution in [0.5, 0.6) is 0 Å². The smallest absolute Gasteiger partial charge is 0.355 e. The van der Waals surface area contributed by atoms with Crippen molar-refractivity contribution in [3.63, 3.8) is 0 Å². The van der Waals surface area contributed by atoms with Gasteiger partial charge in [0.15, 0.2) is 0 Å². The zero-order valence-electron chi connectivity index (χ0n) is 16.8. The van der Waals surface area contributed by atoms with Crippen molar-refractivity contribution in [2.75, 3.05) is 19.8 Å². The van der Waals surface area contributed by atoms with Crippen LogP contribution in [-0.2, 0) is 28.6 Å². The molecule has 1 N–H and O–H groups in total. The van der Waals surface area contributed by atoms with E-state index < -0.39 is 23.8 Å². The lowest BCUT2D eigenvalue weighted by Gasteiger charge is -2.31. The van der Waals surface area contributed by atoms with Gasteiger partial charge in [-0.25, -0.2) is 14.4 Å². The number of allylic oxidation sites excluding steroid dienone is 1. The first-order valence-corrected chi connectivity index (χ1v) is 9.72. The van der Waals surface area contributed by atoms with E-state index in [1.807, 2.05) is 0 Å². The minimum absolute atomic E-state index is 0.0490. The van der Waals surface area contributed by atoms with E-state index in [1.54, 1.807) is 52.0 Å². The Kier molecular flexibility index (Phi) is 7.84. The number of carbonyl (C=O) groups excluding carboxylic acids is 3. The van der Waals surface area contributed by atoms with Crippen LogP contribution >= 0.6 is 11.6 Å². The highest BCUT2D eigenvalue weighted by molar-refractivity contribution is 6.31. The third-order valence-corrected chi connectivity index (χ3v) is 4.59. The van der Waals surface area contributed by atoms with Gasteiger partial charge in [-0.15, -0.1) is 0 Å². The summed E-state index contributed by atoms with van der Waals surface area (Å²) >= 11 is 6.40. The minimum Gasteiger partial charge on any atom is -0.463 e. The van der Waals surface area contributed by atoms with Crippen molar-refractivity contribution in [3.8, 4) is 0 Å². The van der Waals surface area contributed by atoms with Gasteiger partial charge in [0.1, 0.15) is 5.70 Å². The normalized spacial score (nSPS) is 16.2. The number of esters is 3. The van der Waals surface area contributed by atoms with Gasteiger partial charge in [0, 0.05) is 10.7 Å². The maximum atomic E-state index is 12.9. The van der Waals surface area contributed by atoms with Gasteiger partial charge in [0.25, 0.3) is 0 Å². The van der Waals surface area contributed by atoms with Gasteiger partial charge >= 0.3 is 17.9 Å². The highest BCUT2D eigenvalue weighted by Gasteiger charge is 2.41. The molecule has 0 radical (unpaired) electrons. The fourth-order valence-corrected chi connectivity index (χ4v) is 3.37. The summed E-state index contributed by atoms with van der Waals surface area (Å²) in [4.78, 5) is 38.3. The first-order chi connectivity index (χ1) is 13.9. The Balaban J connectivity index is 2.79. The standard InChI is InChI=1S/C21H24ClNO6/c1-5-27-19(24)15-12(4)23-18(21(26)29-7-3)17(20(25)28-6-2)16(15)13-10-8-9-11-14(13)22/h8-11,16,23H,5-7H2,1-4H3. The zero-order chi connectivity index (χ0) is 21.6. The highest BCUT2D eigenvalue weighted by atomic mass is 35.5. The van der Waals surface area contributed by atoms with Gasteiger partial charge in [-0.2, -0.15) is 0 Å². The van der Waals surface area contributed by atoms with Crippen LogP contribution in [0, 0.1) is 0 Å². The molecule has 0 bridgehead atoms. The van der Waals surface area contributed by atoms with Crippen LogP contribution in [0.15, 0.2) is 46.8 Å². The second-order valence-corrected chi connectivity index (χ2v) is 6.48. The molecule has 2 rings (SSSR count). The summed E-state index contributed by atoms with van der Waals surface area (Å²) in [5.74, 6) is -3.05. The van der Waals surface area contributed by atoms with E-state index in [-0.39, 0.29) is 36.7 Å². The molecule has 1 atom stereocenters. The van der Waals surface area contributed by atoms with Gasteiger partial charge in [-0.1, -0.05) is 29.8 Å². The number of rotatable bonds is 7. The van der Waals surface area contributed by atoms with Crippen LogP contribution < -0.4 is 5.32 Å². The summed E-state index contributed by atoms with van der Waals surface area (Å²) in [6.45, 7) is 6.96. The van der Waals surface area contributed by atoms with Gasteiger partial charge in [-0.3, -0.25) is 0 Å². The second kappa shape index (κ2) is 10.1. The molecule has 0 aromatic heterocycles. The fraction of sp³-hybridized carbons (Fsp3) is 0.381. The van der Waals surface area contributed by atoms with E-state index in [1.165, 1.54) is 0 Å². The molecule has 1 unspecified atom stereocenters. The molecule has 0 saturated carbocycles. The summed E-state index contributed by atoms with van der Waals surface area (Å²) in [5.41, 5.74) is 0.885. The van der Waals surface area contributed by atoms with E-state index in [9.17, 15) is 14.4 Å². The summed E-state index contributed by atoms with van der Waals surface area (Å²) in [5, 5.41) is 3.17. The van der Waals surface area contributed by atoms with Crippen LogP contribution in [0.2, 0.25) is 5.02 Å². The van der Waals surface area contributed by atoms with Gasteiger partial charge in [-0.05, 0) is 39.3 Å². The lowest BCUT2D eigenvalue weighted by atomic mass is 9.80. The lowest BCUT2D eigenvalue weighted by molar-refractivity contribution is -0.143. The first-order valence-electron chi connectivity index (χ1n) is 9.34. The molecule has 0 amide bonds. The Morgan fingerprint density at radius 1 is 0.897 bits per heavy atom. The fourth-order valence-electron chi connectivity index (χ4n) is 3.12. The molecule has 1 heterocycles. The molecule has 0 spiro atoms. The van der Waals surface area contributed by atoms with Crippen molar-refractivity contribution in [3.05, 3.63) is 57.4 Å². The predicted molar refractivity (Wildman–Crippen MR) is 107 cm³/mol. The van der Waals surface area contributed by atoms with E-state index in [4.69, 9.17) is 25.8 Å². The quantitative estimate of drug-likeness (QED) is 0.533. The van der Waals surface area contributed by atoms with E-state index in [0.29, 0.717) is 16.3 Å². The average Bonchev–Trinajstić information content (AvgIpc) is 2.68. The van der Waals surface area contributed by atoms with Crippen LogP contribution in [0.3, 0.4) is 0 Å². The minimum atomic E-state index is -0.956. The van der Waals surface area contributed by atoms with E-state index in [0.717, 1.165) is 0 Å². The van der Waals surface area contributed by atoms with Crippen molar-refractivity contribution in [1.29, 1.82) is 0 Å². The number of nitrogens with one attached hydrogen (secondary N) is 1. The molecule has 29 heavy (non-hydrogen) atoms. The number of ether oxygens (including phenoxy) is 3. The number of carbonyl (C=O) groups is 3. The summed E-state index contributed by atoms with van der Waals surface area (Å²) in [7, 11) is 0. The Labute approximate surface area is 174 Å². The Bertz CT molecular complexity index is 874. The van der Waals surface area contributed by atoms with Gasteiger partial charge < -0.3 is 19.5 Å². The third kappa shape index (κ3) is 4.79. The van der Waals surface area contributed by atoms with E-state index in [2.05, 4.69) is 5.32 Å². The van der Waals surface area contributed by atoms with Crippen LogP contribution in [0.25, 0.3) is 0 Å². The lowest BCUT2D eigenvalue weighted by Crippen LogP contribution is -2.36. The molecule has 8 heteroatoms. The van der Waals surface area contributed by atoms with E-state index >= 15 is 0 Å². The monoisotopic (exact) mass is 421 g/mol. The molecule has 7 nitrogen and oxygen atoms in total. The molecule has 156 valence electrons. The van der Waals surface area contributed by atoms with Crippen molar-refractivity contribution >= 4 is 29.5 Å². The Morgan fingerprint density at radius 3 is 1.97 bits per heavy atom. The van der Waals surface area contributed by atoms with Crippen molar-refractivity contribution in [2.45, 2.75) is 33.6 Å². The largest absolute Gasteiger partial charge is 0.463 e. The molecule has 1 aromatic rings. The zero-order valence-corrected chi connectivity index (χ0v) is 17.6. The van der Waals surface area contributed by atoms with Gasteiger partial charge in [0.05, 0.1) is 36.9 Å². The van der Waals surface area contributed by atoms with Crippen molar-refractivity contribution < 1.29 is 28.6 Å². The number of halogens is 1. The summed E-state index contributed by atoms with van der Waals surface area (Å²) in [6.07, 6.45) is 0. The SMILES string of the molecule is CCOC(=O)C1=C(C(=O)OCC)C(c2ccccc2Cl)C(C(=O)OCC)=C(C)N1. The summed E-state index contributed by atoms with van der Waals surface area (Å²) in [6, 6.07) is 6.79. The number of benzene rings is 1. The topological polar surface area (TPSA) is 90.9 Å². The average molecular weight is 422 g/mol. The van der Waals surface area contributed by atoms with Crippen LogP contribution in [0.4, 0.5) is 0 Å². The Morgan fingerprint density at radius 2 is 1.41 bits per heavy atom. The Hall–Kier alpha value is -2.80. The predicted octanol–water partition coefficient (Wildman–Crippen LogP) is 3.24. The second-order valence-electron chi connectivity index (χ2n) is 6.07. The van der Waals surface area contributed by atoms with Crippen LogP contribution in [0.1, 0.15) is 39.2 Å². The molecule has 1 aliphatic heterocycles. The summed E-state index contributed by atoms with van der Waals surface area (Å²) < 4.78 is 15.5. The number of hydrogen-bond acceptors (Lipinski definition) is 7. The van der Waals surface area contributed by atoms with Crippen molar-refractivity contribution in [1.82, 2.24) is 5.32 Å². The first kappa shape index (κ1) is 22.5. The number of hydrogen-bond donors (Lipinski definition) is 1. The third-order valence-electron chi connectivity index (χ3n) is 4.25. The molecule has 0 aliphatic carbocycles.